The summed E-state index contributed by atoms with van der Waals surface area (Å²) in [6, 6.07) is 9.84. The summed E-state index contributed by atoms with van der Waals surface area (Å²) in [6.07, 6.45) is 0. The van der Waals surface area contributed by atoms with Gasteiger partial charge in [-0.25, -0.2) is 4.39 Å². The summed E-state index contributed by atoms with van der Waals surface area (Å²) in [7, 11) is 3.36. The zero-order valence-corrected chi connectivity index (χ0v) is 13.4. The maximum atomic E-state index is 13.6. The Morgan fingerprint density at radius 2 is 2.00 bits per heavy atom. The lowest BCUT2D eigenvalue weighted by Crippen LogP contribution is -2.19. The number of halogens is 3. The fourth-order valence-electron chi connectivity index (χ4n) is 2.15. The second-order valence-corrected chi connectivity index (χ2v) is 5.48. The van der Waals surface area contributed by atoms with Crippen LogP contribution in [0.4, 0.5) is 4.39 Å². The summed E-state index contributed by atoms with van der Waals surface area (Å²) in [5, 5.41) is 3.75. The number of rotatable bonds is 4. The molecular formula is C15H14BrClFNO. The lowest BCUT2D eigenvalue weighted by atomic mass is 9.97. The van der Waals surface area contributed by atoms with Crippen molar-refractivity contribution in [1.29, 1.82) is 0 Å². The molecule has 1 N–H and O–H groups in total. The van der Waals surface area contributed by atoms with E-state index in [0.717, 1.165) is 10.0 Å². The van der Waals surface area contributed by atoms with Gasteiger partial charge in [-0.1, -0.05) is 23.7 Å². The van der Waals surface area contributed by atoms with Crippen molar-refractivity contribution in [3.63, 3.8) is 0 Å². The van der Waals surface area contributed by atoms with E-state index in [1.807, 2.05) is 18.2 Å². The number of hydrogen-bond acceptors (Lipinski definition) is 2. The van der Waals surface area contributed by atoms with Crippen molar-refractivity contribution in [2.45, 2.75) is 6.04 Å². The Bertz CT molecular complexity index is 621. The number of methoxy groups -OCH3 is 1. The summed E-state index contributed by atoms with van der Waals surface area (Å²) >= 11 is 9.73. The molecule has 2 aromatic rings. The molecule has 0 aliphatic rings. The van der Waals surface area contributed by atoms with Crippen LogP contribution < -0.4 is 10.1 Å². The van der Waals surface area contributed by atoms with E-state index in [-0.39, 0.29) is 11.9 Å². The Labute approximate surface area is 131 Å². The van der Waals surface area contributed by atoms with Gasteiger partial charge in [0.1, 0.15) is 11.6 Å². The molecule has 0 heterocycles. The Balaban J connectivity index is 2.58. The molecule has 2 aromatic carbocycles. The van der Waals surface area contributed by atoms with Crippen molar-refractivity contribution < 1.29 is 9.13 Å². The predicted octanol–water partition coefficient (Wildman–Crippen LogP) is 4.56. The van der Waals surface area contributed by atoms with E-state index in [9.17, 15) is 4.39 Å². The highest BCUT2D eigenvalue weighted by Gasteiger charge is 2.20. The van der Waals surface area contributed by atoms with E-state index in [2.05, 4.69) is 21.2 Å². The van der Waals surface area contributed by atoms with E-state index in [1.165, 1.54) is 12.1 Å². The van der Waals surface area contributed by atoms with Crippen LogP contribution in [0.15, 0.2) is 40.9 Å². The molecule has 0 amide bonds. The molecule has 0 saturated carbocycles. The van der Waals surface area contributed by atoms with Gasteiger partial charge >= 0.3 is 0 Å². The third kappa shape index (κ3) is 2.97. The van der Waals surface area contributed by atoms with Crippen LogP contribution in [-0.4, -0.2) is 14.2 Å². The monoisotopic (exact) mass is 357 g/mol. The van der Waals surface area contributed by atoms with Crippen LogP contribution in [0.2, 0.25) is 5.02 Å². The third-order valence-corrected chi connectivity index (χ3v) is 4.39. The zero-order chi connectivity index (χ0) is 14.7. The molecule has 0 fully saturated rings. The van der Waals surface area contributed by atoms with Crippen molar-refractivity contribution in [3.8, 4) is 5.75 Å². The molecule has 0 aliphatic carbocycles. The minimum Gasteiger partial charge on any atom is -0.496 e. The van der Waals surface area contributed by atoms with Gasteiger partial charge in [0.25, 0.3) is 0 Å². The molecule has 2 rings (SSSR count). The van der Waals surface area contributed by atoms with Crippen LogP contribution in [0.5, 0.6) is 5.75 Å². The molecule has 0 aromatic heterocycles. The summed E-state index contributed by atoms with van der Waals surface area (Å²) in [4.78, 5) is 0. The van der Waals surface area contributed by atoms with Crippen LogP contribution in [0.3, 0.4) is 0 Å². The summed E-state index contributed by atoms with van der Waals surface area (Å²) in [5.74, 6) is 0.300. The topological polar surface area (TPSA) is 21.3 Å². The highest BCUT2D eigenvalue weighted by molar-refractivity contribution is 9.10. The lowest BCUT2D eigenvalue weighted by Gasteiger charge is -2.21. The first-order valence-corrected chi connectivity index (χ1v) is 7.20. The average molecular weight is 359 g/mol. The highest BCUT2D eigenvalue weighted by atomic mass is 79.9. The summed E-state index contributed by atoms with van der Waals surface area (Å²) < 4.78 is 19.7. The van der Waals surface area contributed by atoms with Crippen molar-refractivity contribution in [3.05, 3.63) is 62.8 Å². The molecule has 0 saturated heterocycles. The van der Waals surface area contributed by atoms with Gasteiger partial charge in [0.05, 0.1) is 18.2 Å². The Morgan fingerprint density at radius 3 is 2.65 bits per heavy atom. The van der Waals surface area contributed by atoms with E-state index in [0.29, 0.717) is 16.3 Å². The molecule has 1 atom stereocenters. The zero-order valence-electron chi connectivity index (χ0n) is 11.1. The molecule has 2 nitrogen and oxygen atoms in total. The first kappa shape index (κ1) is 15.3. The lowest BCUT2D eigenvalue weighted by molar-refractivity contribution is 0.404. The maximum Gasteiger partial charge on any atom is 0.124 e. The maximum absolute atomic E-state index is 13.6. The molecule has 0 bridgehead atoms. The van der Waals surface area contributed by atoms with Crippen molar-refractivity contribution in [1.82, 2.24) is 5.32 Å². The highest BCUT2D eigenvalue weighted by Crippen LogP contribution is 2.36. The predicted molar refractivity (Wildman–Crippen MR) is 83.0 cm³/mol. The SMILES string of the molecule is CNC(c1cc(F)ccc1OC)c1cccc(Br)c1Cl. The van der Waals surface area contributed by atoms with Gasteiger partial charge in [-0.2, -0.15) is 0 Å². The van der Waals surface area contributed by atoms with Gasteiger partial charge < -0.3 is 10.1 Å². The second kappa shape index (κ2) is 6.57. The summed E-state index contributed by atoms with van der Waals surface area (Å²) in [5.41, 5.74) is 1.56. The number of nitrogens with one attached hydrogen (secondary N) is 1. The van der Waals surface area contributed by atoms with Gasteiger partial charge in [0, 0.05) is 10.0 Å². The Kier molecular flexibility index (Phi) is 5.02. The van der Waals surface area contributed by atoms with Crippen LogP contribution in [0, 0.1) is 5.82 Å². The van der Waals surface area contributed by atoms with Gasteiger partial charge in [0.15, 0.2) is 0 Å². The Morgan fingerprint density at radius 1 is 1.25 bits per heavy atom. The molecule has 20 heavy (non-hydrogen) atoms. The van der Waals surface area contributed by atoms with Crippen LogP contribution >= 0.6 is 27.5 Å². The van der Waals surface area contributed by atoms with Crippen molar-refractivity contribution >= 4 is 27.5 Å². The largest absolute Gasteiger partial charge is 0.496 e. The molecule has 0 spiro atoms. The Hall–Kier alpha value is -1.10. The minimum absolute atomic E-state index is 0.259. The van der Waals surface area contributed by atoms with Gasteiger partial charge in [-0.15, -0.1) is 0 Å². The van der Waals surface area contributed by atoms with E-state index in [1.54, 1.807) is 20.2 Å². The fraction of sp³-hybridized carbons (Fsp3) is 0.200. The third-order valence-electron chi connectivity index (χ3n) is 3.08. The number of hydrogen-bond donors (Lipinski definition) is 1. The van der Waals surface area contributed by atoms with Gasteiger partial charge in [-0.05, 0) is 52.8 Å². The van der Waals surface area contributed by atoms with Gasteiger partial charge in [0.2, 0.25) is 0 Å². The average Bonchev–Trinajstić information content (AvgIpc) is 2.44. The minimum atomic E-state index is -0.313. The molecule has 0 aliphatic heterocycles. The van der Waals surface area contributed by atoms with Crippen LogP contribution in [-0.2, 0) is 0 Å². The number of ether oxygens (including phenoxy) is 1. The normalized spacial score (nSPS) is 12.2. The molecular weight excluding hydrogens is 345 g/mol. The molecule has 5 heteroatoms. The van der Waals surface area contributed by atoms with Crippen LogP contribution in [0.1, 0.15) is 17.2 Å². The van der Waals surface area contributed by atoms with Gasteiger partial charge in [-0.3, -0.25) is 0 Å². The standard InChI is InChI=1S/C15H14BrClFNO/c1-19-15(10-4-3-5-12(16)14(10)17)11-8-9(18)6-7-13(11)20-2/h3-8,15,19H,1-2H3. The second-order valence-electron chi connectivity index (χ2n) is 4.25. The van der Waals surface area contributed by atoms with Crippen molar-refractivity contribution in [2.24, 2.45) is 0 Å². The smallest absolute Gasteiger partial charge is 0.124 e. The summed E-state index contributed by atoms with van der Waals surface area (Å²) in [6.45, 7) is 0. The first-order chi connectivity index (χ1) is 9.58. The first-order valence-electron chi connectivity index (χ1n) is 6.03. The fourth-order valence-corrected chi connectivity index (χ4v) is 2.77. The molecule has 106 valence electrons. The van der Waals surface area contributed by atoms with E-state index >= 15 is 0 Å². The van der Waals surface area contributed by atoms with Crippen LogP contribution in [0.25, 0.3) is 0 Å². The van der Waals surface area contributed by atoms with Crippen molar-refractivity contribution in [2.75, 3.05) is 14.2 Å². The quantitative estimate of drug-likeness (QED) is 0.865. The van der Waals surface area contributed by atoms with E-state index < -0.39 is 0 Å². The van der Waals surface area contributed by atoms with E-state index in [4.69, 9.17) is 16.3 Å². The molecule has 0 radical (unpaired) electrons. The number of benzene rings is 2. The molecule has 1 unspecified atom stereocenters.